The molecule has 0 bridgehead atoms. The largest absolute Gasteiger partial charge is 0.489 e. The van der Waals surface area contributed by atoms with Crippen molar-refractivity contribution in [2.75, 3.05) is 5.32 Å². The molecule has 122 valence electrons. The second-order valence-corrected chi connectivity index (χ2v) is 5.77. The molecule has 0 aliphatic rings. The second kappa shape index (κ2) is 7.84. The average Bonchev–Trinajstić information content (AvgIpc) is 2.62. The van der Waals surface area contributed by atoms with Crippen LogP contribution in [0, 0.1) is 5.82 Å². The molecule has 0 saturated heterocycles. The van der Waals surface area contributed by atoms with E-state index < -0.39 is 5.82 Å². The van der Waals surface area contributed by atoms with Crippen molar-refractivity contribution in [2.24, 2.45) is 0 Å². The molecular weight excluding hydrogens is 325 g/mol. The van der Waals surface area contributed by atoms with Crippen molar-refractivity contribution in [1.82, 2.24) is 0 Å². The second-order valence-electron chi connectivity index (χ2n) is 5.36. The normalized spacial score (nSPS) is 10.4. The summed E-state index contributed by atoms with van der Waals surface area (Å²) in [6, 6.07) is 22.5. The molecule has 0 saturated carbocycles. The number of rotatable bonds is 6. The molecule has 0 unspecified atom stereocenters. The van der Waals surface area contributed by atoms with Crippen LogP contribution in [0.1, 0.15) is 11.1 Å². The van der Waals surface area contributed by atoms with Crippen LogP contribution in [-0.4, -0.2) is 0 Å². The van der Waals surface area contributed by atoms with Crippen molar-refractivity contribution in [1.29, 1.82) is 0 Å². The van der Waals surface area contributed by atoms with Crippen LogP contribution in [0.2, 0.25) is 5.02 Å². The summed E-state index contributed by atoms with van der Waals surface area (Å²) in [5, 5.41) is 3.34. The average molecular weight is 342 g/mol. The quantitative estimate of drug-likeness (QED) is 0.623. The van der Waals surface area contributed by atoms with Crippen molar-refractivity contribution in [2.45, 2.75) is 13.2 Å². The first kappa shape index (κ1) is 16.3. The lowest BCUT2D eigenvalue weighted by molar-refractivity contribution is 0.303. The van der Waals surface area contributed by atoms with E-state index in [4.69, 9.17) is 16.3 Å². The third-order valence-corrected chi connectivity index (χ3v) is 3.90. The molecule has 1 N–H and O–H groups in total. The van der Waals surface area contributed by atoms with Crippen LogP contribution in [0.3, 0.4) is 0 Å². The Kier molecular flexibility index (Phi) is 5.34. The third-order valence-electron chi connectivity index (χ3n) is 3.61. The lowest BCUT2D eigenvalue weighted by Gasteiger charge is -2.13. The van der Waals surface area contributed by atoms with E-state index in [-0.39, 0.29) is 5.02 Å². The van der Waals surface area contributed by atoms with E-state index >= 15 is 0 Å². The fourth-order valence-electron chi connectivity index (χ4n) is 2.33. The maximum atomic E-state index is 13.2. The van der Waals surface area contributed by atoms with Gasteiger partial charge in [0.05, 0.1) is 5.02 Å². The van der Waals surface area contributed by atoms with Crippen molar-refractivity contribution < 1.29 is 9.13 Å². The Morgan fingerprint density at radius 2 is 1.67 bits per heavy atom. The molecule has 0 aliphatic carbocycles. The minimum absolute atomic E-state index is 0.105. The first-order chi connectivity index (χ1) is 11.7. The highest BCUT2D eigenvalue weighted by atomic mass is 35.5. The number of nitrogens with one attached hydrogen (secondary N) is 1. The monoisotopic (exact) mass is 341 g/mol. The van der Waals surface area contributed by atoms with Crippen LogP contribution in [0.25, 0.3) is 0 Å². The maximum Gasteiger partial charge on any atom is 0.141 e. The van der Waals surface area contributed by atoms with Crippen LogP contribution >= 0.6 is 11.6 Å². The zero-order valence-corrected chi connectivity index (χ0v) is 13.8. The van der Waals surface area contributed by atoms with Crippen molar-refractivity contribution in [3.05, 3.63) is 94.8 Å². The summed E-state index contributed by atoms with van der Waals surface area (Å²) in [6.45, 7) is 1.08. The number of benzene rings is 3. The Bertz CT molecular complexity index is 808. The molecule has 0 heterocycles. The van der Waals surface area contributed by atoms with E-state index in [1.54, 1.807) is 12.1 Å². The minimum atomic E-state index is -0.422. The smallest absolute Gasteiger partial charge is 0.141 e. The molecule has 0 aliphatic heterocycles. The van der Waals surface area contributed by atoms with E-state index in [9.17, 15) is 4.39 Å². The molecule has 0 atom stereocenters. The molecule has 3 aromatic carbocycles. The number of anilines is 1. The van der Waals surface area contributed by atoms with Crippen molar-refractivity contribution in [3.63, 3.8) is 0 Å². The van der Waals surface area contributed by atoms with Gasteiger partial charge < -0.3 is 10.1 Å². The molecule has 0 aromatic heterocycles. The van der Waals surface area contributed by atoms with Gasteiger partial charge in [-0.2, -0.15) is 0 Å². The van der Waals surface area contributed by atoms with Gasteiger partial charge in [-0.1, -0.05) is 60.1 Å². The van der Waals surface area contributed by atoms with Crippen LogP contribution in [0.5, 0.6) is 5.75 Å². The predicted molar refractivity (Wildman–Crippen MR) is 96.0 cm³/mol. The number of hydrogen-bond donors (Lipinski definition) is 1. The zero-order chi connectivity index (χ0) is 16.8. The Labute approximate surface area is 145 Å². The molecular formula is C20H17ClFNO. The van der Waals surface area contributed by atoms with Crippen molar-refractivity contribution >= 4 is 17.3 Å². The molecule has 0 spiro atoms. The van der Waals surface area contributed by atoms with E-state index in [0.29, 0.717) is 13.2 Å². The first-order valence-corrected chi connectivity index (χ1v) is 8.04. The first-order valence-electron chi connectivity index (χ1n) is 7.66. The fourth-order valence-corrected chi connectivity index (χ4v) is 2.51. The molecule has 0 radical (unpaired) electrons. The van der Waals surface area contributed by atoms with Crippen molar-refractivity contribution in [3.8, 4) is 5.75 Å². The summed E-state index contributed by atoms with van der Waals surface area (Å²) < 4.78 is 19.1. The van der Waals surface area contributed by atoms with Gasteiger partial charge in [-0.15, -0.1) is 0 Å². The van der Waals surface area contributed by atoms with Gasteiger partial charge in [0.25, 0.3) is 0 Å². The Hall–Kier alpha value is -2.52. The molecule has 3 aromatic rings. The summed E-state index contributed by atoms with van der Waals surface area (Å²) >= 11 is 5.80. The van der Waals surface area contributed by atoms with Gasteiger partial charge in [0.15, 0.2) is 0 Å². The molecule has 0 amide bonds. The van der Waals surface area contributed by atoms with Gasteiger partial charge in [0.1, 0.15) is 18.2 Å². The number of ether oxygens (including phenoxy) is 1. The maximum absolute atomic E-state index is 13.2. The third kappa shape index (κ3) is 4.27. The Morgan fingerprint density at radius 3 is 2.46 bits per heavy atom. The topological polar surface area (TPSA) is 21.3 Å². The summed E-state index contributed by atoms with van der Waals surface area (Å²) in [5.41, 5.74) is 2.90. The minimum Gasteiger partial charge on any atom is -0.489 e. The molecule has 2 nitrogen and oxygen atoms in total. The lowest BCUT2D eigenvalue weighted by Crippen LogP contribution is -2.03. The SMILES string of the molecule is Fc1ccc(NCc2ccccc2OCc2ccccc2)cc1Cl. The number of para-hydroxylation sites is 1. The van der Waals surface area contributed by atoms with Gasteiger partial charge >= 0.3 is 0 Å². The predicted octanol–water partition coefficient (Wildman–Crippen LogP) is 5.67. The number of hydrogen-bond acceptors (Lipinski definition) is 2. The highest BCUT2D eigenvalue weighted by molar-refractivity contribution is 6.31. The molecule has 4 heteroatoms. The molecule has 24 heavy (non-hydrogen) atoms. The zero-order valence-electron chi connectivity index (χ0n) is 13.0. The van der Waals surface area contributed by atoms with Gasteiger partial charge in [0.2, 0.25) is 0 Å². The Morgan fingerprint density at radius 1 is 0.917 bits per heavy atom. The summed E-state index contributed by atoms with van der Waals surface area (Å²) in [6.07, 6.45) is 0. The van der Waals surface area contributed by atoms with Crippen LogP contribution in [0.15, 0.2) is 72.8 Å². The van der Waals surface area contributed by atoms with Gasteiger partial charge in [-0.3, -0.25) is 0 Å². The van der Waals surface area contributed by atoms with E-state index in [0.717, 1.165) is 22.6 Å². The summed E-state index contributed by atoms with van der Waals surface area (Å²) in [4.78, 5) is 0. The number of halogens is 2. The van der Waals surface area contributed by atoms with Crippen LogP contribution < -0.4 is 10.1 Å². The van der Waals surface area contributed by atoms with E-state index in [1.807, 2.05) is 54.6 Å². The molecule has 3 rings (SSSR count). The fraction of sp³-hybridized carbons (Fsp3) is 0.100. The summed E-state index contributed by atoms with van der Waals surface area (Å²) in [7, 11) is 0. The highest BCUT2D eigenvalue weighted by Crippen LogP contribution is 2.23. The van der Waals surface area contributed by atoms with E-state index in [2.05, 4.69) is 5.32 Å². The standard InChI is InChI=1S/C20H17ClFNO/c21-18-12-17(10-11-19(18)22)23-13-16-8-4-5-9-20(16)24-14-15-6-2-1-3-7-15/h1-12,23H,13-14H2. The van der Waals surface area contributed by atoms with Gasteiger partial charge in [0, 0.05) is 17.8 Å². The van der Waals surface area contributed by atoms with E-state index in [1.165, 1.54) is 6.07 Å². The van der Waals surface area contributed by atoms with Gasteiger partial charge in [-0.05, 0) is 29.8 Å². The molecule has 0 fully saturated rings. The highest BCUT2D eigenvalue weighted by Gasteiger charge is 2.05. The van der Waals surface area contributed by atoms with Crippen LogP contribution in [-0.2, 0) is 13.2 Å². The Balaban J connectivity index is 1.66. The van der Waals surface area contributed by atoms with Gasteiger partial charge in [-0.25, -0.2) is 4.39 Å². The summed E-state index contributed by atoms with van der Waals surface area (Å²) in [5.74, 6) is 0.399. The lowest BCUT2D eigenvalue weighted by atomic mass is 10.2. The van der Waals surface area contributed by atoms with Crippen LogP contribution in [0.4, 0.5) is 10.1 Å².